The Hall–Kier alpha value is -0.570. The molecule has 1 atom stereocenters. The number of carbonyl (C=O) groups excluding carboxylic acids is 1. The smallest absolute Gasteiger partial charge is 0.320 e. The van der Waals surface area contributed by atoms with Crippen LogP contribution in [-0.4, -0.2) is 38.1 Å². The Morgan fingerprint density at radius 1 is 1.73 bits per heavy atom. The van der Waals surface area contributed by atoms with E-state index in [9.17, 15) is 4.79 Å². The first-order valence-corrected chi connectivity index (χ1v) is 3.82. The molecule has 0 bridgehead atoms. The summed E-state index contributed by atoms with van der Waals surface area (Å²) in [6.45, 7) is 0.958. The number of ether oxygens (including phenoxy) is 1. The molecule has 1 radical (unpaired) electrons. The summed E-state index contributed by atoms with van der Waals surface area (Å²) in [4.78, 5) is 12.7. The summed E-state index contributed by atoms with van der Waals surface area (Å²) in [5.74, 6) is 0.413. The molecule has 1 unspecified atom stereocenters. The maximum Gasteiger partial charge on any atom is 0.320 e. The average molecular weight is 156 g/mol. The molecular formula is C8H14NO2. The monoisotopic (exact) mass is 156 g/mol. The van der Waals surface area contributed by atoms with Crippen LogP contribution in [0.2, 0.25) is 0 Å². The van der Waals surface area contributed by atoms with Crippen molar-refractivity contribution in [2.24, 2.45) is 5.92 Å². The van der Waals surface area contributed by atoms with E-state index in [2.05, 4.69) is 6.42 Å². The number of esters is 1. The third-order valence-corrected chi connectivity index (χ3v) is 1.47. The quantitative estimate of drug-likeness (QED) is 0.549. The molecule has 1 fully saturated rings. The Morgan fingerprint density at radius 3 is 2.82 bits per heavy atom. The molecule has 0 spiro atoms. The van der Waals surface area contributed by atoms with E-state index in [4.69, 9.17) is 4.74 Å². The molecule has 11 heavy (non-hydrogen) atoms. The van der Waals surface area contributed by atoms with Gasteiger partial charge in [0.15, 0.2) is 0 Å². The molecule has 3 heteroatoms. The van der Waals surface area contributed by atoms with E-state index in [0.29, 0.717) is 19.1 Å². The fourth-order valence-corrected chi connectivity index (χ4v) is 0.736. The molecule has 0 heterocycles. The van der Waals surface area contributed by atoms with Crippen LogP contribution < -0.4 is 0 Å². The van der Waals surface area contributed by atoms with E-state index < -0.39 is 0 Å². The molecule has 0 saturated heterocycles. The minimum Gasteiger partial charge on any atom is -0.464 e. The van der Waals surface area contributed by atoms with Crippen LogP contribution in [0.15, 0.2) is 0 Å². The lowest BCUT2D eigenvalue weighted by Crippen LogP contribution is -2.24. The highest BCUT2D eigenvalue weighted by Crippen LogP contribution is 2.27. The normalized spacial score (nSPS) is 17.0. The molecule has 0 aromatic carbocycles. The van der Waals surface area contributed by atoms with Crippen molar-refractivity contribution in [2.75, 3.05) is 27.2 Å². The molecule has 1 rings (SSSR count). The van der Waals surface area contributed by atoms with Gasteiger partial charge < -0.3 is 4.74 Å². The summed E-state index contributed by atoms with van der Waals surface area (Å²) in [5, 5.41) is 0. The van der Waals surface area contributed by atoms with Gasteiger partial charge in [-0.1, -0.05) is 0 Å². The first kappa shape index (κ1) is 8.53. The summed E-state index contributed by atoms with van der Waals surface area (Å²) >= 11 is 0. The van der Waals surface area contributed by atoms with Gasteiger partial charge in [0.2, 0.25) is 0 Å². The first-order chi connectivity index (χ1) is 5.18. The zero-order chi connectivity index (χ0) is 8.27. The van der Waals surface area contributed by atoms with Gasteiger partial charge in [0.05, 0.1) is 13.2 Å². The number of nitrogens with zero attached hydrogens (tertiary/aromatic N) is 1. The highest BCUT2D eigenvalue weighted by atomic mass is 16.5. The molecule has 63 valence electrons. The number of likely N-dealkylation sites (N-methyl/N-ethyl adjacent to an activating group) is 1. The molecule has 0 aliphatic heterocycles. The topological polar surface area (TPSA) is 29.5 Å². The molecule has 0 N–H and O–H groups in total. The van der Waals surface area contributed by atoms with Crippen LogP contribution in [0.5, 0.6) is 0 Å². The Balaban J connectivity index is 2.00. The molecule has 0 aromatic heterocycles. The van der Waals surface area contributed by atoms with E-state index in [1.807, 2.05) is 14.1 Å². The second-order valence-corrected chi connectivity index (χ2v) is 3.15. The molecule has 1 aliphatic carbocycles. The number of carbonyl (C=O) groups is 1. The van der Waals surface area contributed by atoms with E-state index >= 15 is 0 Å². The van der Waals surface area contributed by atoms with E-state index in [-0.39, 0.29) is 5.97 Å². The number of hydrogen-bond donors (Lipinski definition) is 0. The number of rotatable bonds is 4. The third-order valence-electron chi connectivity index (χ3n) is 1.47. The maximum absolute atomic E-state index is 10.9. The standard InChI is InChI=1S/C8H14NO2/c1-9(2)5-8(10)11-6-7-3-4-7/h3,7H,4-6H2,1-2H3. The van der Waals surface area contributed by atoms with Crippen LogP contribution in [0.3, 0.4) is 0 Å². The Morgan fingerprint density at radius 2 is 2.36 bits per heavy atom. The number of hydrogen-bond acceptors (Lipinski definition) is 3. The summed E-state index contributed by atoms with van der Waals surface area (Å²) < 4.78 is 4.96. The van der Waals surface area contributed by atoms with Crippen molar-refractivity contribution in [3.05, 3.63) is 6.42 Å². The van der Waals surface area contributed by atoms with Gasteiger partial charge in [-0.15, -0.1) is 0 Å². The summed E-state index contributed by atoms with van der Waals surface area (Å²) in [7, 11) is 3.70. The largest absolute Gasteiger partial charge is 0.464 e. The summed E-state index contributed by atoms with van der Waals surface area (Å²) in [6.07, 6.45) is 3.25. The lowest BCUT2D eigenvalue weighted by molar-refractivity contribution is -0.144. The predicted molar refractivity (Wildman–Crippen MR) is 41.9 cm³/mol. The molecule has 3 nitrogen and oxygen atoms in total. The van der Waals surface area contributed by atoms with E-state index in [1.54, 1.807) is 4.90 Å². The van der Waals surface area contributed by atoms with Crippen molar-refractivity contribution in [1.82, 2.24) is 4.90 Å². The zero-order valence-electron chi connectivity index (χ0n) is 7.04. The van der Waals surface area contributed by atoms with Gasteiger partial charge in [0.1, 0.15) is 0 Å². The van der Waals surface area contributed by atoms with Crippen molar-refractivity contribution in [1.29, 1.82) is 0 Å². The fourth-order valence-electron chi connectivity index (χ4n) is 0.736. The van der Waals surface area contributed by atoms with Crippen LogP contribution in [0, 0.1) is 12.3 Å². The highest BCUT2D eigenvalue weighted by Gasteiger charge is 2.23. The molecule has 0 aromatic rings. The van der Waals surface area contributed by atoms with Gasteiger partial charge in [0, 0.05) is 0 Å². The lowest BCUT2D eigenvalue weighted by atomic mass is 10.5. The molecule has 1 aliphatic rings. The Bertz CT molecular complexity index is 141. The minimum absolute atomic E-state index is 0.129. The van der Waals surface area contributed by atoms with Crippen molar-refractivity contribution in [3.63, 3.8) is 0 Å². The lowest BCUT2D eigenvalue weighted by Gasteiger charge is -2.08. The molecular weight excluding hydrogens is 142 g/mol. The zero-order valence-corrected chi connectivity index (χ0v) is 7.04. The summed E-state index contributed by atoms with van der Waals surface area (Å²) in [6, 6.07) is 0. The van der Waals surface area contributed by atoms with Gasteiger partial charge in [-0.25, -0.2) is 0 Å². The van der Waals surface area contributed by atoms with E-state index in [1.165, 1.54) is 0 Å². The van der Waals surface area contributed by atoms with Gasteiger partial charge in [0.25, 0.3) is 0 Å². The van der Waals surface area contributed by atoms with Gasteiger partial charge in [-0.05, 0) is 32.9 Å². The average Bonchev–Trinajstić information content (AvgIpc) is 2.63. The fraction of sp³-hybridized carbons (Fsp3) is 0.750. The van der Waals surface area contributed by atoms with Crippen LogP contribution in [0.4, 0.5) is 0 Å². The first-order valence-electron chi connectivity index (χ1n) is 3.82. The van der Waals surface area contributed by atoms with Gasteiger partial charge >= 0.3 is 5.97 Å². The Labute approximate surface area is 67.3 Å². The van der Waals surface area contributed by atoms with Crippen molar-refractivity contribution < 1.29 is 9.53 Å². The second kappa shape index (κ2) is 3.72. The van der Waals surface area contributed by atoms with Crippen LogP contribution >= 0.6 is 0 Å². The summed E-state index contributed by atoms with van der Waals surface area (Å²) in [5.41, 5.74) is 0. The van der Waals surface area contributed by atoms with Crippen LogP contribution in [-0.2, 0) is 9.53 Å². The predicted octanol–water partition coefficient (Wildman–Crippen LogP) is 0.315. The Kier molecular flexibility index (Phi) is 2.88. The SMILES string of the molecule is CN(C)CC(=O)OCC1[CH]C1. The van der Waals surface area contributed by atoms with Crippen molar-refractivity contribution in [3.8, 4) is 0 Å². The molecule has 1 saturated carbocycles. The maximum atomic E-state index is 10.9. The third kappa shape index (κ3) is 3.98. The minimum atomic E-state index is -0.129. The van der Waals surface area contributed by atoms with Gasteiger partial charge in [-0.3, -0.25) is 9.69 Å². The van der Waals surface area contributed by atoms with Crippen LogP contribution in [0.1, 0.15) is 6.42 Å². The van der Waals surface area contributed by atoms with Crippen molar-refractivity contribution in [2.45, 2.75) is 6.42 Å². The second-order valence-electron chi connectivity index (χ2n) is 3.15. The van der Waals surface area contributed by atoms with E-state index in [0.717, 1.165) is 6.42 Å². The molecule has 0 amide bonds. The van der Waals surface area contributed by atoms with Crippen molar-refractivity contribution >= 4 is 5.97 Å². The van der Waals surface area contributed by atoms with Crippen LogP contribution in [0.25, 0.3) is 0 Å². The highest BCUT2D eigenvalue weighted by molar-refractivity contribution is 5.71. The van der Waals surface area contributed by atoms with Gasteiger partial charge in [-0.2, -0.15) is 0 Å².